The standard InChI is InChI=1S/C14H18N2O3S/c1-8-13(20-14(15-2)16-8)9-6-10(17-3)12(19-5)11(7-9)18-4/h6-7H,1-5H3,(H,15,16). The van der Waals surface area contributed by atoms with E-state index in [4.69, 9.17) is 14.2 Å². The van der Waals surface area contributed by atoms with Crippen LogP contribution in [0.5, 0.6) is 17.2 Å². The molecule has 6 heteroatoms. The zero-order chi connectivity index (χ0) is 14.7. The highest BCUT2D eigenvalue weighted by Crippen LogP contribution is 2.43. The molecule has 2 rings (SSSR count). The Labute approximate surface area is 122 Å². The third-order valence-electron chi connectivity index (χ3n) is 2.94. The van der Waals surface area contributed by atoms with Crippen molar-refractivity contribution in [3.63, 3.8) is 0 Å². The summed E-state index contributed by atoms with van der Waals surface area (Å²) in [5, 5.41) is 3.94. The largest absolute Gasteiger partial charge is 0.493 e. The third kappa shape index (κ3) is 2.51. The monoisotopic (exact) mass is 294 g/mol. The van der Waals surface area contributed by atoms with E-state index in [0.29, 0.717) is 17.2 Å². The molecule has 0 atom stereocenters. The van der Waals surface area contributed by atoms with Crippen molar-refractivity contribution in [2.45, 2.75) is 6.92 Å². The first-order valence-electron chi connectivity index (χ1n) is 6.10. The van der Waals surface area contributed by atoms with E-state index >= 15 is 0 Å². The molecule has 0 unspecified atom stereocenters. The van der Waals surface area contributed by atoms with Crippen LogP contribution in [0.2, 0.25) is 0 Å². The predicted octanol–water partition coefficient (Wildman–Crippen LogP) is 3.19. The summed E-state index contributed by atoms with van der Waals surface area (Å²) < 4.78 is 16.1. The molecular formula is C14H18N2O3S. The molecule has 1 heterocycles. The molecule has 20 heavy (non-hydrogen) atoms. The van der Waals surface area contributed by atoms with Gasteiger partial charge in [-0.05, 0) is 19.1 Å². The maximum Gasteiger partial charge on any atom is 0.203 e. The smallest absolute Gasteiger partial charge is 0.203 e. The molecule has 0 aliphatic heterocycles. The van der Waals surface area contributed by atoms with Gasteiger partial charge in [-0.3, -0.25) is 0 Å². The van der Waals surface area contributed by atoms with E-state index in [1.165, 1.54) is 0 Å². The lowest BCUT2D eigenvalue weighted by Gasteiger charge is -2.13. The van der Waals surface area contributed by atoms with Crippen LogP contribution >= 0.6 is 11.3 Å². The lowest BCUT2D eigenvalue weighted by atomic mass is 10.1. The normalized spacial score (nSPS) is 10.2. The summed E-state index contributed by atoms with van der Waals surface area (Å²) in [5.74, 6) is 1.87. The Morgan fingerprint density at radius 3 is 2.05 bits per heavy atom. The van der Waals surface area contributed by atoms with E-state index in [0.717, 1.165) is 21.3 Å². The van der Waals surface area contributed by atoms with Crippen LogP contribution in [0.15, 0.2) is 12.1 Å². The number of hydrogen-bond donors (Lipinski definition) is 1. The number of anilines is 1. The Bertz CT molecular complexity index is 585. The number of aromatic nitrogens is 1. The van der Waals surface area contributed by atoms with Crippen LogP contribution in [-0.2, 0) is 0 Å². The highest BCUT2D eigenvalue weighted by molar-refractivity contribution is 7.19. The molecule has 1 N–H and O–H groups in total. The molecule has 0 aliphatic rings. The van der Waals surface area contributed by atoms with Crippen LogP contribution in [-0.4, -0.2) is 33.4 Å². The van der Waals surface area contributed by atoms with E-state index in [1.807, 2.05) is 26.1 Å². The van der Waals surface area contributed by atoms with E-state index in [1.54, 1.807) is 32.7 Å². The Balaban J connectivity index is 2.59. The van der Waals surface area contributed by atoms with Gasteiger partial charge in [0.05, 0.1) is 31.9 Å². The number of nitrogens with zero attached hydrogens (tertiary/aromatic N) is 1. The number of hydrogen-bond acceptors (Lipinski definition) is 6. The Morgan fingerprint density at radius 1 is 1.05 bits per heavy atom. The summed E-state index contributed by atoms with van der Waals surface area (Å²) >= 11 is 1.59. The van der Waals surface area contributed by atoms with Gasteiger partial charge in [0.25, 0.3) is 0 Å². The first-order valence-corrected chi connectivity index (χ1v) is 6.91. The van der Waals surface area contributed by atoms with Crippen LogP contribution in [0, 0.1) is 6.92 Å². The molecule has 108 valence electrons. The number of ether oxygens (including phenoxy) is 3. The van der Waals surface area contributed by atoms with Gasteiger partial charge >= 0.3 is 0 Å². The summed E-state index contributed by atoms with van der Waals surface area (Å²) in [5.41, 5.74) is 1.96. The molecule has 0 aliphatic carbocycles. The fourth-order valence-corrected chi connectivity index (χ4v) is 2.89. The minimum atomic E-state index is 0.592. The van der Waals surface area contributed by atoms with Crippen molar-refractivity contribution in [1.29, 1.82) is 0 Å². The summed E-state index contributed by atoms with van der Waals surface area (Å²) in [6, 6.07) is 3.86. The van der Waals surface area contributed by atoms with Crippen molar-refractivity contribution in [3.8, 4) is 27.7 Å². The van der Waals surface area contributed by atoms with Gasteiger partial charge in [0, 0.05) is 12.6 Å². The molecule has 0 bridgehead atoms. The zero-order valence-corrected chi connectivity index (χ0v) is 13.1. The molecule has 0 fully saturated rings. The molecule has 1 aromatic heterocycles. The van der Waals surface area contributed by atoms with Gasteiger partial charge in [-0.15, -0.1) is 0 Å². The fourth-order valence-electron chi connectivity index (χ4n) is 1.98. The summed E-state index contributed by atoms with van der Waals surface area (Å²) in [4.78, 5) is 5.53. The number of aryl methyl sites for hydroxylation is 1. The van der Waals surface area contributed by atoms with Gasteiger partial charge in [-0.25, -0.2) is 4.98 Å². The Kier molecular flexibility index (Phi) is 4.34. The Morgan fingerprint density at radius 2 is 1.65 bits per heavy atom. The van der Waals surface area contributed by atoms with E-state index in [2.05, 4.69) is 10.3 Å². The minimum Gasteiger partial charge on any atom is -0.493 e. The first kappa shape index (κ1) is 14.5. The lowest BCUT2D eigenvalue weighted by molar-refractivity contribution is 0.324. The van der Waals surface area contributed by atoms with Crippen LogP contribution < -0.4 is 19.5 Å². The average molecular weight is 294 g/mol. The van der Waals surface area contributed by atoms with Crippen molar-refractivity contribution in [1.82, 2.24) is 4.98 Å². The second kappa shape index (κ2) is 6.00. The summed E-state index contributed by atoms with van der Waals surface area (Å²) in [7, 11) is 6.67. The van der Waals surface area contributed by atoms with Crippen molar-refractivity contribution >= 4 is 16.5 Å². The topological polar surface area (TPSA) is 52.6 Å². The highest BCUT2D eigenvalue weighted by Gasteiger charge is 2.17. The molecule has 0 amide bonds. The van der Waals surface area contributed by atoms with Crippen LogP contribution in [0.1, 0.15) is 5.69 Å². The number of nitrogens with one attached hydrogen (secondary N) is 1. The molecule has 5 nitrogen and oxygen atoms in total. The number of rotatable bonds is 5. The molecule has 2 aromatic rings. The van der Waals surface area contributed by atoms with E-state index in [-0.39, 0.29) is 0 Å². The van der Waals surface area contributed by atoms with Crippen LogP contribution in [0.4, 0.5) is 5.13 Å². The molecule has 0 saturated heterocycles. The van der Waals surface area contributed by atoms with Gasteiger partial charge in [-0.1, -0.05) is 11.3 Å². The van der Waals surface area contributed by atoms with Gasteiger partial charge < -0.3 is 19.5 Å². The van der Waals surface area contributed by atoms with Gasteiger partial charge in [-0.2, -0.15) is 0 Å². The average Bonchev–Trinajstić information content (AvgIpc) is 2.86. The number of benzene rings is 1. The first-order chi connectivity index (χ1) is 9.64. The molecular weight excluding hydrogens is 276 g/mol. The maximum absolute atomic E-state index is 5.38. The molecule has 0 radical (unpaired) electrons. The van der Waals surface area contributed by atoms with Crippen molar-refractivity contribution < 1.29 is 14.2 Å². The van der Waals surface area contributed by atoms with Crippen molar-refractivity contribution in [3.05, 3.63) is 17.8 Å². The molecule has 0 saturated carbocycles. The highest BCUT2D eigenvalue weighted by atomic mass is 32.1. The zero-order valence-electron chi connectivity index (χ0n) is 12.2. The van der Waals surface area contributed by atoms with Crippen LogP contribution in [0.25, 0.3) is 10.4 Å². The van der Waals surface area contributed by atoms with Gasteiger partial charge in [0.1, 0.15) is 0 Å². The van der Waals surface area contributed by atoms with Crippen molar-refractivity contribution in [2.75, 3.05) is 33.7 Å². The summed E-state index contributed by atoms with van der Waals surface area (Å²) in [6.45, 7) is 1.98. The third-order valence-corrected chi connectivity index (χ3v) is 4.16. The van der Waals surface area contributed by atoms with Gasteiger partial charge in [0.2, 0.25) is 5.75 Å². The summed E-state index contributed by atoms with van der Waals surface area (Å²) in [6.07, 6.45) is 0. The number of thiazole rings is 1. The van der Waals surface area contributed by atoms with Gasteiger partial charge in [0.15, 0.2) is 16.6 Å². The van der Waals surface area contributed by atoms with E-state index < -0.39 is 0 Å². The fraction of sp³-hybridized carbons (Fsp3) is 0.357. The second-order valence-electron chi connectivity index (χ2n) is 4.10. The minimum absolute atomic E-state index is 0.592. The molecule has 0 spiro atoms. The SMILES string of the molecule is CNc1nc(C)c(-c2cc(OC)c(OC)c(OC)c2)s1. The van der Waals surface area contributed by atoms with Crippen molar-refractivity contribution in [2.24, 2.45) is 0 Å². The Hall–Kier alpha value is -1.95. The second-order valence-corrected chi connectivity index (χ2v) is 5.10. The quantitative estimate of drug-likeness (QED) is 0.918. The molecule has 1 aromatic carbocycles. The predicted molar refractivity (Wildman–Crippen MR) is 81.5 cm³/mol. The van der Waals surface area contributed by atoms with Crippen LogP contribution in [0.3, 0.4) is 0 Å². The lowest BCUT2D eigenvalue weighted by Crippen LogP contribution is -1.95. The van der Waals surface area contributed by atoms with E-state index in [9.17, 15) is 0 Å². The number of methoxy groups -OCH3 is 3. The maximum atomic E-state index is 5.38.